The van der Waals surface area contributed by atoms with E-state index >= 15 is 0 Å². The molecular formula is C17H17F3N2O2S. The van der Waals surface area contributed by atoms with Gasteiger partial charge in [0.25, 0.3) is 5.56 Å². The molecule has 1 N–H and O–H groups in total. The first kappa shape index (κ1) is 19.1. The largest absolute Gasteiger partial charge is 0.421 e. The van der Waals surface area contributed by atoms with Gasteiger partial charge in [-0.05, 0) is 36.4 Å². The Morgan fingerprint density at radius 2 is 1.84 bits per heavy atom. The van der Waals surface area contributed by atoms with Gasteiger partial charge >= 0.3 is 6.18 Å². The molecule has 0 atom stereocenters. The summed E-state index contributed by atoms with van der Waals surface area (Å²) in [6.07, 6.45) is -2.85. The monoisotopic (exact) mass is 370 g/mol. The summed E-state index contributed by atoms with van der Waals surface area (Å²) in [6, 6.07) is 11.6. The maximum Gasteiger partial charge on any atom is 0.421 e. The second kappa shape index (κ2) is 8.75. The molecule has 0 radical (unpaired) electrons. The molecule has 0 saturated carbocycles. The van der Waals surface area contributed by atoms with Crippen LogP contribution in [0.1, 0.15) is 12.0 Å². The van der Waals surface area contributed by atoms with E-state index in [1.165, 1.54) is 6.20 Å². The first-order valence-corrected chi connectivity index (χ1v) is 8.57. The van der Waals surface area contributed by atoms with Crippen molar-refractivity contribution in [3.05, 3.63) is 64.6 Å². The topological polar surface area (TPSA) is 51.1 Å². The van der Waals surface area contributed by atoms with Gasteiger partial charge in [0, 0.05) is 17.6 Å². The van der Waals surface area contributed by atoms with Crippen LogP contribution < -0.4 is 10.9 Å². The molecular weight excluding hydrogens is 353 g/mol. The highest BCUT2D eigenvalue weighted by Gasteiger charge is 2.34. The number of benzene rings is 1. The Bertz CT molecular complexity index is 760. The molecule has 1 heterocycles. The van der Waals surface area contributed by atoms with Gasteiger partial charge in [-0.1, -0.05) is 18.2 Å². The summed E-state index contributed by atoms with van der Waals surface area (Å²) in [5, 5.41) is 2.61. The summed E-state index contributed by atoms with van der Waals surface area (Å²) in [6.45, 7) is -0.0407. The molecule has 0 saturated heterocycles. The number of alkyl halides is 3. The third kappa shape index (κ3) is 5.97. The van der Waals surface area contributed by atoms with Crippen molar-refractivity contribution in [3.8, 4) is 0 Å². The van der Waals surface area contributed by atoms with Crippen LogP contribution >= 0.6 is 11.8 Å². The molecule has 0 unspecified atom stereocenters. The van der Waals surface area contributed by atoms with Crippen molar-refractivity contribution in [3.63, 3.8) is 0 Å². The van der Waals surface area contributed by atoms with Gasteiger partial charge in [-0.25, -0.2) is 0 Å². The molecule has 134 valence electrons. The number of nitrogens with one attached hydrogen (secondary N) is 1. The van der Waals surface area contributed by atoms with E-state index < -0.39 is 29.8 Å². The van der Waals surface area contributed by atoms with E-state index in [-0.39, 0.29) is 0 Å². The second-order valence-corrected chi connectivity index (χ2v) is 6.39. The van der Waals surface area contributed by atoms with Gasteiger partial charge in [0.1, 0.15) is 12.1 Å². The van der Waals surface area contributed by atoms with Crippen molar-refractivity contribution >= 4 is 17.7 Å². The van der Waals surface area contributed by atoms with Gasteiger partial charge < -0.3 is 9.88 Å². The first-order valence-electron chi connectivity index (χ1n) is 7.59. The lowest BCUT2D eigenvalue weighted by molar-refractivity contribution is -0.139. The average molecular weight is 370 g/mol. The lowest BCUT2D eigenvalue weighted by Crippen LogP contribution is -2.35. The predicted octanol–water partition coefficient (Wildman–Crippen LogP) is 3.17. The summed E-state index contributed by atoms with van der Waals surface area (Å²) in [4.78, 5) is 24.7. The zero-order chi connectivity index (χ0) is 18.3. The molecule has 1 aromatic heterocycles. The Morgan fingerprint density at radius 1 is 1.12 bits per heavy atom. The van der Waals surface area contributed by atoms with E-state index in [0.29, 0.717) is 19.0 Å². The molecule has 0 fully saturated rings. The minimum Gasteiger partial charge on any atom is -0.355 e. The van der Waals surface area contributed by atoms with Crippen LogP contribution in [0.2, 0.25) is 0 Å². The molecule has 0 bridgehead atoms. The molecule has 0 aliphatic rings. The minimum absolute atomic E-state index is 0.395. The maximum absolute atomic E-state index is 12.7. The number of carbonyl (C=O) groups is 1. The van der Waals surface area contributed by atoms with Crippen LogP contribution in [0.3, 0.4) is 0 Å². The zero-order valence-electron chi connectivity index (χ0n) is 13.3. The highest BCUT2D eigenvalue weighted by molar-refractivity contribution is 7.99. The quantitative estimate of drug-likeness (QED) is 0.602. The number of amides is 1. The molecule has 25 heavy (non-hydrogen) atoms. The number of nitrogens with zero attached hydrogens (tertiary/aromatic N) is 1. The van der Waals surface area contributed by atoms with Crippen molar-refractivity contribution in [2.45, 2.75) is 24.0 Å². The van der Waals surface area contributed by atoms with Crippen LogP contribution in [0.15, 0.2) is 58.4 Å². The SMILES string of the molecule is O=C(Cn1cccc(C(F)(F)F)c1=O)NCCCSc1ccccc1. The summed E-state index contributed by atoms with van der Waals surface area (Å²) >= 11 is 1.65. The number of pyridine rings is 1. The molecule has 2 rings (SSSR count). The predicted molar refractivity (Wildman–Crippen MR) is 90.5 cm³/mol. The van der Waals surface area contributed by atoms with E-state index in [9.17, 15) is 22.8 Å². The maximum atomic E-state index is 12.7. The van der Waals surface area contributed by atoms with Crippen LogP contribution in [-0.4, -0.2) is 22.8 Å². The molecule has 1 amide bonds. The van der Waals surface area contributed by atoms with Crippen molar-refractivity contribution in [2.75, 3.05) is 12.3 Å². The van der Waals surface area contributed by atoms with Gasteiger partial charge in [-0.2, -0.15) is 13.2 Å². The molecule has 8 heteroatoms. The summed E-state index contributed by atoms with van der Waals surface area (Å²) in [5.41, 5.74) is -2.49. The van der Waals surface area contributed by atoms with Crippen LogP contribution in [0, 0.1) is 0 Å². The Labute approximate surface area is 147 Å². The number of thioether (sulfide) groups is 1. The Hall–Kier alpha value is -2.22. The van der Waals surface area contributed by atoms with Crippen molar-refractivity contribution in [1.29, 1.82) is 0 Å². The number of hydrogen-bond acceptors (Lipinski definition) is 3. The van der Waals surface area contributed by atoms with Gasteiger partial charge in [0.2, 0.25) is 5.91 Å². The van der Waals surface area contributed by atoms with Gasteiger partial charge in [0.05, 0.1) is 0 Å². The summed E-state index contributed by atoms with van der Waals surface area (Å²) in [7, 11) is 0. The first-order chi connectivity index (χ1) is 11.9. The third-order valence-corrected chi connectivity index (χ3v) is 4.39. The highest BCUT2D eigenvalue weighted by atomic mass is 32.2. The number of hydrogen-bond donors (Lipinski definition) is 1. The fraction of sp³-hybridized carbons (Fsp3) is 0.294. The van der Waals surface area contributed by atoms with Crippen molar-refractivity contribution in [2.24, 2.45) is 0 Å². The fourth-order valence-electron chi connectivity index (χ4n) is 2.09. The lowest BCUT2D eigenvalue weighted by Gasteiger charge is -2.10. The summed E-state index contributed by atoms with van der Waals surface area (Å²) in [5.74, 6) is 0.305. The third-order valence-electron chi connectivity index (χ3n) is 3.29. The second-order valence-electron chi connectivity index (χ2n) is 5.22. The van der Waals surface area contributed by atoms with Crippen LogP contribution in [0.5, 0.6) is 0 Å². The van der Waals surface area contributed by atoms with Crippen LogP contribution in [-0.2, 0) is 17.5 Å². The Morgan fingerprint density at radius 3 is 2.52 bits per heavy atom. The highest BCUT2D eigenvalue weighted by Crippen LogP contribution is 2.25. The van der Waals surface area contributed by atoms with E-state index in [1.807, 2.05) is 30.3 Å². The van der Waals surface area contributed by atoms with Crippen LogP contribution in [0.4, 0.5) is 13.2 Å². The van der Waals surface area contributed by atoms with E-state index in [1.54, 1.807) is 11.8 Å². The average Bonchev–Trinajstić information content (AvgIpc) is 2.56. The van der Waals surface area contributed by atoms with Gasteiger partial charge in [-0.3, -0.25) is 9.59 Å². The summed E-state index contributed by atoms with van der Waals surface area (Å²) < 4.78 is 38.8. The van der Waals surface area contributed by atoms with E-state index in [0.717, 1.165) is 21.3 Å². The van der Waals surface area contributed by atoms with E-state index in [2.05, 4.69) is 5.32 Å². The molecule has 0 aliphatic heterocycles. The van der Waals surface area contributed by atoms with Gasteiger partial charge in [0.15, 0.2) is 0 Å². The Balaban J connectivity index is 1.78. The smallest absolute Gasteiger partial charge is 0.355 e. The minimum atomic E-state index is -4.73. The Kier molecular flexibility index (Phi) is 6.69. The molecule has 0 aliphatic carbocycles. The normalized spacial score (nSPS) is 11.3. The molecule has 0 spiro atoms. The molecule has 4 nitrogen and oxygen atoms in total. The van der Waals surface area contributed by atoms with Crippen LogP contribution in [0.25, 0.3) is 0 Å². The van der Waals surface area contributed by atoms with Gasteiger partial charge in [-0.15, -0.1) is 11.8 Å². The van der Waals surface area contributed by atoms with E-state index in [4.69, 9.17) is 0 Å². The fourth-order valence-corrected chi connectivity index (χ4v) is 2.97. The van der Waals surface area contributed by atoms with Crippen molar-refractivity contribution < 1.29 is 18.0 Å². The number of rotatable bonds is 7. The standard InChI is InChI=1S/C17H17F3N2O2S/c18-17(19,20)14-8-4-10-22(16(14)24)12-15(23)21-9-5-11-25-13-6-2-1-3-7-13/h1-4,6-8,10H,5,9,11-12H2,(H,21,23). The zero-order valence-corrected chi connectivity index (χ0v) is 14.1. The number of aromatic nitrogens is 1. The molecule has 1 aromatic carbocycles. The lowest BCUT2D eigenvalue weighted by atomic mass is 10.2. The van der Waals surface area contributed by atoms with Crippen molar-refractivity contribution in [1.82, 2.24) is 9.88 Å². The number of carbonyl (C=O) groups excluding carboxylic acids is 1. The molecule has 2 aromatic rings. The number of halogens is 3.